The predicted molar refractivity (Wildman–Crippen MR) is 54.5 cm³/mol. The summed E-state index contributed by atoms with van der Waals surface area (Å²) in [5.41, 5.74) is 0. The van der Waals surface area contributed by atoms with Crippen molar-refractivity contribution in [3.63, 3.8) is 0 Å². The van der Waals surface area contributed by atoms with Gasteiger partial charge in [0.15, 0.2) is 0 Å². The van der Waals surface area contributed by atoms with Gasteiger partial charge in [-0.1, -0.05) is 46.5 Å². The third kappa shape index (κ3) is 32.4. The molecule has 2 nitrogen and oxygen atoms in total. The summed E-state index contributed by atoms with van der Waals surface area (Å²) in [6.45, 7) is 6.12. The summed E-state index contributed by atoms with van der Waals surface area (Å²) in [4.78, 5) is 0. The van der Waals surface area contributed by atoms with Gasteiger partial charge in [-0.15, -0.1) is 13.2 Å². The van der Waals surface area contributed by atoms with Gasteiger partial charge in [0.25, 0.3) is 0 Å². The molecule has 0 aromatic carbocycles. The van der Waals surface area contributed by atoms with E-state index in [1.54, 1.807) is 6.92 Å². The standard InChI is InChI=1S/C8H17O.C2H5O.Mg/c1-8(2)6-4-3-5-7-9;1-2-3;/h8H,3-7H2,1-2H3;2H2,1H3;/q2*-1;+2. The Morgan fingerprint density at radius 3 is 1.77 bits per heavy atom. The van der Waals surface area contributed by atoms with Crippen LogP contribution in [0.4, 0.5) is 0 Å². The van der Waals surface area contributed by atoms with Crippen LogP contribution in [0.15, 0.2) is 0 Å². The minimum absolute atomic E-state index is 0. The summed E-state index contributed by atoms with van der Waals surface area (Å²) in [5, 5.41) is 18.9. The van der Waals surface area contributed by atoms with Gasteiger partial charge in [0.1, 0.15) is 0 Å². The number of hydrogen-bond donors (Lipinski definition) is 0. The van der Waals surface area contributed by atoms with Gasteiger partial charge in [0.2, 0.25) is 0 Å². The minimum Gasteiger partial charge on any atom is -0.855 e. The maximum absolute atomic E-state index is 9.97. The first-order valence-corrected chi connectivity index (χ1v) is 4.85. The van der Waals surface area contributed by atoms with Gasteiger partial charge in [0.05, 0.1) is 0 Å². The van der Waals surface area contributed by atoms with Gasteiger partial charge >= 0.3 is 23.1 Å². The first kappa shape index (κ1) is 19.3. The predicted octanol–water partition coefficient (Wildman–Crippen LogP) is 0.549. The smallest absolute Gasteiger partial charge is 0.855 e. The second kappa shape index (κ2) is 18.5. The molecule has 0 atom stereocenters. The molecule has 0 aliphatic rings. The minimum atomic E-state index is 0. The fraction of sp³-hybridized carbons (Fsp3) is 1.00. The molecule has 13 heavy (non-hydrogen) atoms. The fourth-order valence-corrected chi connectivity index (χ4v) is 0.831. The van der Waals surface area contributed by atoms with E-state index in [0.29, 0.717) is 0 Å². The van der Waals surface area contributed by atoms with E-state index < -0.39 is 0 Å². The maximum Gasteiger partial charge on any atom is 2.00 e. The maximum atomic E-state index is 9.97. The molecule has 0 aromatic rings. The monoisotopic (exact) mass is 198 g/mol. The first-order chi connectivity index (χ1) is 5.68. The molecule has 0 saturated heterocycles. The summed E-state index contributed by atoms with van der Waals surface area (Å²) in [5.74, 6) is 0.802. The summed E-state index contributed by atoms with van der Waals surface area (Å²) in [7, 11) is 0. The van der Waals surface area contributed by atoms with E-state index in [1.807, 2.05) is 0 Å². The second-order valence-electron chi connectivity index (χ2n) is 3.24. The van der Waals surface area contributed by atoms with Gasteiger partial charge < -0.3 is 10.2 Å². The van der Waals surface area contributed by atoms with E-state index in [0.717, 1.165) is 18.8 Å². The summed E-state index contributed by atoms with van der Waals surface area (Å²) >= 11 is 0. The van der Waals surface area contributed by atoms with E-state index in [1.165, 1.54) is 12.8 Å². The third-order valence-electron chi connectivity index (χ3n) is 1.43. The number of rotatable bonds is 5. The molecule has 0 saturated carbocycles. The van der Waals surface area contributed by atoms with Crippen LogP contribution in [0.3, 0.4) is 0 Å². The van der Waals surface area contributed by atoms with Crippen LogP contribution < -0.4 is 10.2 Å². The van der Waals surface area contributed by atoms with E-state index in [2.05, 4.69) is 13.8 Å². The zero-order chi connectivity index (χ0) is 9.82. The quantitative estimate of drug-likeness (QED) is 0.478. The molecule has 0 unspecified atom stereocenters. The Balaban J connectivity index is -0.000000220. The number of unbranched alkanes of at least 4 members (excludes halogenated alkanes) is 2. The number of hydrogen-bond acceptors (Lipinski definition) is 2. The Kier molecular flexibility index (Phi) is 27.4. The van der Waals surface area contributed by atoms with E-state index >= 15 is 0 Å². The van der Waals surface area contributed by atoms with Gasteiger partial charge in [-0.2, -0.15) is 0 Å². The molecule has 0 bridgehead atoms. The fourth-order valence-electron chi connectivity index (χ4n) is 0.831. The average molecular weight is 199 g/mol. The molecular weight excluding hydrogens is 176 g/mol. The largest absolute Gasteiger partial charge is 2.00 e. The summed E-state index contributed by atoms with van der Waals surface area (Å²) in [6.07, 6.45) is 4.51. The van der Waals surface area contributed by atoms with Crippen molar-refractivity contribution in [1.29, 1.82) is 0 Å². The molecule has 0 heterocycles. The summed E-state index contributed by atoms with van der Waals surface area (Å²) < 4.78 is 0. The Morgan fingerprint density at radius 2 is 1.46 bits per heavy atom. The first-order valence-electron chi connectivity index (χ1n) is 4.85. The van der Waals surface area contributed by atoms with Crippen molar-refractivity contribution < 1.29 is 10.2 Å². The van der Waals surface area contributed by atoms with Crippen LogP contribution in [0.2, 0.25) is 0 Å². The van der Waals surface area contributed by atoms with Crippen molar-refractivity contribution in [3.05, 3.63) is 0 Å². The van der Waals surface area contributed by atoms with Crippen LogP contribution >= 0.6 is 0 Å². The molecule has 0 aliphatic heterocycles. The topological polar surface area (TPSA) is 46.1 Å². The zero-order valence-electron chi connectivity index (χ0n) is 9.34. The SMILES string of the molecule is CC(C)CCCCC[O-].CC[O-].[Mg+2]. The average Bonchev–Trinajstić information content (AvgIpc) is 1.99. The van der Waals surface area contributed by atoms with Crippen molar-refractivity contribution >= 4 is 23.1 Å². The molecule has 76 valence electrons. The van der Waals surface area contributed by atoms with Crippen LogP contribution in [0, 0.1) is 5.92 Å². The molecule has 0 radical (unpaired) electrons. The molecular formula is C10H22MgO2. The van der Waals surface area contributed by atoms with Crippen molar-refractivity contribution in [1.82, 2.24) is 0 Å². The Hall–Kier alpha value is 0.686. The normalized spacial score (nSPS) is 8.77. The van der Waals surface area contributed by atoms with Gasteiger partial charge in [-0.3, -0.25) is 0 Å². The van der Waals surface area contributed by atoms with Crippen molar-refractivity contribution in [2.75, 3.05) is 13.2 Å². The van der Waals surface area contributed by atoms with Gasteiger partial charge in [-0.25, -0.2) is 0 Å². The van der Waals surface area contributed by atoms with E-state index in [9.17, 15) is 5.11 Å². The van der Waals surface area contributed by atoms with Crippen LogP contribution in [-0.4, -0.2) is 36.3 Å². The Morgan fingerprint density at radius 1 is 1.00 bits per heavy atom. The third-order valence-corrected chi connectivity index (χ3v) is 1.43. The van der Waals surface area contributed by atoms with E-state index in [-0.39, 0.29) is 36.3 Å². The summed E-state index contributed by atoms with van der Waals surface area (Å²) in [6, 6.07) is 0. The second-order valence-corrected chi connectivity index (χ2v) is 3.24. The van der Waals surface area contributed by atoms with Gasteiger partial charge in [0, 0.05) is 0 Å². The van der Waals surface area contributed by atoms with Crippen molar-refractivity contribution in [2.45, 2.75) is 46.5 Å². The van der Waals surface area contributed by atoms with Crippen LogP contribution in [-0.2, 0) is 0 Å². The molecule has 0 aliphatic carbocycles. The molecule has 0 spiro atoms. The molecule has 0 rings (SSSR count). The van der Waals surface area contributed by atoms with Gasteiger partial charge in [-0.05, 0) is 5.92 Å². The molecule has 3 heteroatoms. The van der Waals surface area contributed by atoms with Crippen molar-refractivity contribution in [2.24, 2.45) is 5.92 Å². The van der Waals surface area contributed by atoms with Crippen LogP contribution in [0.25, 0.3) is 0 Å². The van der Waals surface area contributed by atoms with Crippen molar-refractivity contribution in [3.8, 4) is 0 Å². The van der Waals surface area contributed by atoms with Crippen LogP contribution in [0.5, 0.6) is 0 Å². The van der Waals surface area contributed by atoms with E-state index in [4.69, 9.17) is 5.11 Å². The Bertz CT molecular complexity index is 67.9. The van der Waals surface area contributed by atoms with Crippen LogP contribution in [0.1, 0.15) is 46.5 Å². The molecule has 0 amide bonds. The molecule has 0 fully saturated rings. The molecule has 0 aromatic heterocycles. The Labute approximate surface area is 98.9 Å². The molecule has 0 N–H and O–H groups in total. The zero-order valence-corrected chi connectivity index (χ0v) is 10.8.